The number of aromatic nitrogens is 1. The molecule has 0 radical (unpaired) electrons. The topological polar surface area (TPSA) is 80.8 Å². The summed E-state index contributed by atoms with van der Waals surface area (Å²) in [5.74, 6) is 0.421. The molecule has 3 rings (SSSR count). The summed E-state index contributed by atoms with van der Waals surface area (Å²) < 4.78 is 10.5. The summed E-state index contributed by atoms with van der Waals surface area (Å²) in [4.78, 5) is 30.4. The predicted octanol–water partition coefficient (Wildman–Crippen LogP) is 2.09. The summed E-state index contributed by atoms with van der Waals surface area (Å²) in [6.45, 7) is 0.299. The average Bonchev–Trinajstić information content (AvgIpc) is 3.03. The van der Waals surface area contributed by atoms with Gasteiger partial charge in [0.05, 0.1) is 37.7 Å². The molecule has 1 aliphatic heterocycles. The van der Waals surface area contributed by atoms with Crippen LogP contribution in [0.3, 0.4) is 0 Å². The van der Waals surface area contributed by atoms with Crippen molar-refractivity contribution < 1.29 is 19.1 Å². The van der Waals surface area contributed by atoms with Crippen molar-refractivity contribution in [2.24, 2.45) is 5.92 Å². The molecule has 0 aliphatic carbocycles. The lowest BCUT2D eigenvalue weighted by atomic mass is 10.1. The molecular formula is C18H19N3O4. The van der Waals surface area contributed by atoms with Gasteiger partial charge in [-0.15, -0.1) is 0 Å². The van der Waals surface area contributed by atoms with Gasteiger partial charge in [0.15, 0.2) is 0 Å². The number of anilines is 2. The van der Waals surface area contributed by atoms with Gasteiger partial charge >= 0.3 is 0 Å². The minimum Gasteiger partial charge on any atom is -0.497 e. The second-order valence-electron chi connectivity index (χ2n) is 5.67. The van der Waals surface area contributed by atoms with Crippen LogP contribution in [0.4, 0.5) is 11.4 Å². The molecule has 0 bridgehead atoms. The van der Waals surface area contributed by atoms with E-state index >= 15 is 0 Å². The van der Waals surface area contributed by atoms with Gasteiger partial charge in [-0.1, -0.05) is 0 Å². The van der Waals surface area contributed by atoms with E-state index in [-0.39, 0.29) is 18.2 Å². The van der Waals surface area contributed by atoms with Crippen molar-refractivity contribution in [3.63, 3.8) is 0 Å². The molecule has 1 aromatic heterocycles. The number of hydrogen-bond donors (Lipinski definition) is 1. The third-order valence-corrected chi connectivity index (χ3v) is 4.10. The van der Waals surface area contributed by atoms with Gasteiger partial charge in [-0.3, -0.25) is 14.6 Å². The molecule has 7 nitrogen and oxygen atoms in total. The van der Waals surface area contributed by atoms with E-state index in [4.69, 9.17) is 9.47 Å². The molecule has 1 aliphatic rings. The molecule has 0 saturated carbocycles. The van der Waals surface area contributed by atoms with Crippen LogP contribution in [0, 0.1) is 5.92 Å². The summed E-state index contributed by atoms with van der Waals surface area (Å²) in [6.07, 6.45) is 3.35. The van der Waals surface area contributed by atoms with Crippen LogP contribution in [0.15, 0.2) is 42.7 Å². The number of carbonyl (C=O) groups excluding carboxylic acids is 2. The van der Waals surface area contributed by atoms with E-state index in [1.54, 1.807) is 54.7 Å². The van der Waals surface area contributed by atoms with Gasteiger partial charge in [0, 0.05) is 25.2 Å². The van der Waals surface area contributed by atoms with E-state index in [0.29, 0.717) is 29.4 Å². The first-order valence-electron chi connectivity index (χ1n) is 7.85. The fourth-order valence-corrected chi connectivity index (χ4v) is 2.80. The van der Waals surface area contributed by atoms with Crippen LogP contribution in [0.5, 0.6) is 11.5 Å². The van der Waals surface area contributed by atoms with E-state index < -0.39 is 5.92 Å². The molecule has 25 heavy (non-hydrogen) atoms. The highest BCUT2D eigenvalue weighted by Gasteiger charge is 2.36. The zero-order chi connectivity index (χ0) is 17.8. The van der Waals surface area contributed by atoms with Crippen LogP contribution in [0.2, 0.25) is 0 Å². The lowest BCUT2D eigenvalue weighted by Gasteiger charge is -2.20. The number of methoxy groups -OCH3 is 2. The Bertz CT molecular complexity index is 779. The normalized spacial score (nSPS) is 16.6. The first-order chi connectivity index (χ1) is 12.1. The third-order valence-electron chi connectivity index (χ3n) is 4.10. The minimum atomic E-state index is -0.431. The fourth-order valence-electron chi connectivity index (χ4n) is 2.80. The Hall–Kier alpha value is -3.09. The van der Waals surface area contributed by atoms with Gasteiger partial charge in [-0.05, 0) is 24.3 Å². The smallest absolute Gasteiger partial charge is 0.229 e. The molecular weight excluding hydrogens is 322 g/mol. The zero-order valence-electron chi connectivity index (χ0n) is 14.1. The van der Waals surface area contributed by atoms with Crippen molar-refractivity contribution >= 4 is 23.2 Å². The van der Waals surface area contributed by atoms with Crippen molar-refractivity contribution in [2.75, 3.05) is 31.0 Å². The number of nitrogens with one attached hydrogen (secondary N) is 1. The lowest BCUT2D eigenvalue weighted by Crippen LogP contribution is -2.28. The molecule has 1 fully saturated rings. The molecule has 2 heterocycles. The van der Waals surface area contributed by atoms with E-state index in [1.165, 1.54) is 7.11 Å². The standard InChI is InChI=1S/C18H19N3O4/c1-24-14-5-6-15(16(9-14)25-2)21-11-12(8-17(21)22)18(23)20-13-4-3-7-19-10-13/h3-7,9-10,12H,8,11H2,1-2H3,(H,20,23). The van der Waals surface area contributed by atoms with Crippen molar-refractivity contribution in [2.45, 2.75) is 6.42 Å². The summed E-state index contributed by atoms with van der Waals surface area (Å²) in [7, 11) is 3.10. The first kappa shape index (κ1) is 16.8. The molecule has 2 amide bonds. The van der Waals surface area contributed by atoms with Crippen LogP contribution < -0.4 is 19.7 Å². The van der Waals surface area contributed by atoms with Gasteiger partial charge in [0.1, 0.15) is 11.5 Å². The van der Waals surface area contributed by atoms with E-state index in [2.05, 4.69) is 10.3 Å². The number of amides is 2. The van der Waals surface area contributed by atoms with Crippen molar-refractivity contribution in [1.29, 1.82) is 0 Å². The Balaban J connectivity index is 1.75. The Morgan fingerprint density at radius 3 is 2.80 bits per heavy atom. The Morgan fingerprint density at radius 1 is 1.28 bits per heavy atom. The summed E-state index contributed by atoms with van der Waals surface area (Å²) in [6, 6.07) is 8.73. The van der Waals surface area contributed by atoms with Crippen LogP contribution in [0.25, 0.3) is 0 Å². The largest absolute Gasteiger partial charge is 0.497 e. The number of rotatable bonds is 5. The van der Waals surface area contributed by atoms with Gasteiger partial charge in [-0.2, -0.15) is 0 Å². The Morgan fingerprint density at radius 2 is 2.12 bits per heavy atom. The van der Waals surface area contributed by atoms with Crippen molar-refractivity contribution in [3.05, 3.63) is 42.7 Å². The maximum Gasteiger partial charge on any atom is 0.229 e. The van der Waals surface area contributed by atoms with E-state index in [0.717, 1.165) is 0 Å². The van der Waals surface area contributed by atoms with Gasteiger partial charge < -0.3 is 19.7 Å². The number of nitrogens with zero attached hydrogens (tertiary/aromatic N) is 2. The second-order valence-corrected chi connectivity index (χ2v) is 5.67. The summed E-state index contributed by atoms with van der Waals surface area (Å²) in [5, 5.41) is 2.79. The van der Waals surface area contributed by atoms with Crippen LogP contribution in [-0.2, 0) is 9.59 Å². The van der Waals surface area contributed by atoms with Gasteiger partial charge in [-0.25, -0.2) is 0 Å². The zero-order valence-corrected chi connectivity index (χ0v) is 14.1. The van der Waals surface area contributed by atoms with Crippen molar-refractivity contribution in [3.8, 4) is 11.5 Å². The minimum absolute atomic E-state index is 0.116. The quantitative estimate of drug-likeness (QED) is 0.901. The number of benzene rings is 1. The third kappa shape index (κ3) is 3.55. The molecule has 1 unspecified atom stereocenters. The molecule has 1 atom stereocenters. The van der Waals surface area contributed by atoms with Crippen LogP contribution >= 0.6 is 0 Å². The molecule has 1 saturated heterocycles. The van der Waals surface area contributed by atoms with Crippen LogP contribution in [0.1, 0.15) is 6.42 Å². The number of hydrogen-bond acceptors (Lipinski definition) is 5. The molecule has 2 aromatic rings. The molecule has 130 valence electrons. The highest BCUT2D eigenvalue weighted by molar-refractivity contribution is 6.04. The number of ether oxygens (including phenoxy) is 2. The second kappa shape index (κ2) is 7.21. The monoisotopic (exact) mass is 341 g/mol. The van der Waals surface area contributed by atoms with Gasteiger partial charge in [0.2, 0.25) is 11.8 Å². The predicted molar refractivity (Wildman–Crippen MR) is 92.9 cm³/mol. The molecule has 7 heteroatoms. The average molecular weight is 341 g/mol. The maximum atomic E-state index is 12.4. The molecule has 1 aromatic carbocycles. The van der Waals surface area contributed by atoms with Crippen LogP contribution in [-0.4, -0.2) is 37.6 Å². The molecule has 0 spiro atoms. The highest BCUT2D eigenvalue weighted by atomic mass is 16.5. The Kier molecular flexibility index (Phi) is 4.83. The SMILES string of the molecule is COc1ccc(N2CC(C(=O)Nc3cccnc3)CC2=O)c(OC)c1. The Labute approximate surface area is 145 Å². The van der Waals surface area contributed by atoms with Crippen molar-refractivity contribution in [1.82, 2.24) is 4.98 Å². The fraction of sp³-hybridized carbons (Fsp3) is 0.278. The maximum absolute atomic E-state index is 12.4. The lowest BCUT2D eigenvalue weighted by molar-refractivity contribution is -0.122. The van der Waals surface area contributed by atoms with Gasteiger partial charge in [0.25, 0.3) is 0 Å². The highest BCUT2D eigenvalue weighted by Crippen LogP contribution is 2.35. The molecule has 1 N–H and O–H groups in total. The number of pyridine rings is 1. The van der Waals surface area contributed by atoms with E-state index in [1.807, 2.05) is 0 Å². The summed E-state index contributed by atoms with van der Waals surface area (Å²) in [5.41, 5.74) is 1.24. The first-order valence-corrected chi connectivity index (χ1v) is 7.85. The summed E-state index contributed by atoms with van der Waals surface area (Å²) >= 11 is 0. The van der Waals surface area contributed by atoms with E-state index in [9.17, 15) is 9.59 Å². The number of carbonyl (C=O) groups is 2.